The molecule has 1 N–H and O–H groups in total. The maximum atomic E-state index is 12.9. The molecule has 1 fully saturated rings. The van der Waals surface area contributed by atoms with Gasteiger partial charge in [-0.25, -0.2) is 9.37 Å². The van der Waals surface area contributed by atoms with Crippen LogP contribution in [0.5, 0.6) is 0 Å². The van der Waals surface area contributed by atoms with Gasteiger partial charge < -0.3 is 5.32 Å². The second-order valence-electron chi connectivity index (χ2n) is 5.29. The monoisotopic (exact) mass is 290 g/mol. The summed E-state index contributed by atoms with van der Waals surface area (Å²) < 4.78 is 12.9. The summed E-state index contributed by atoms with van der Waals surface area (Å²) in [6.07, 6.45) is 4.38. The smallest absolute Gasteiger partial charge is 0.123 e. The minimum Gasteiger partial charge on any atom is -0.309 e. The molecule has 0 spiro atoms. The van der Waals surface area contributed by atoms with Crippen LogP contribution in [-0.2, 0) is 19.4 Å². The predicted octanol–water partition coefficient (Wildman–Crippen LogP) is 3.69. The highest BCUT2D eigenvalue weighted by molar-refractivity contribution is 7.11. The van der Waals surface area contributed by atoms with Crippen LogP contribution < -0.4 is 5.32 Å². The van der Waals surface area contributed by atoms with Crippen molar-refractivity contribution >= 4 is 11.3 Å². The third-order valence-electron chi connectivity index (χ3n) is 3.55. The van der Waals surface area contributed by atoms with E-state index >= 15 is 0 Å². The molecule has 1 aromatic carbocycles. The molecule has 3 rings (SSSR count). The van der Waals surface area contributed by atoms with E-state index in [1.807, 2.05) is 12.1 Å². The van der Waals surface area contributed by atoms with Crippen LogP contribution in [0.2, 0.25) is 0 Å². The molecule has 20 heavy (non-hydrogen) atoms. The van der Waals surface area contributed by atoms with Crippen molar-refractivity contribution < 1.29 is 4.39 Å². The zero-order valence-corrected chi connectivity index (χ0v) is 12.5. The number of nitrogens with one attached hydrogen (secondary N) is 1. The van der Waals surface area contributed by atoms with Gasteiger partial charge in [0.15, 0.2) is 0 Å². The summed E-state index contributed by atoms with van der Waals surface area (Å²) in [7, 11) is 0. The summed E-state index contributed by atoms with van der Waals surface area (Å²) in [5.74, 6) is -0.184. The zero-order valence-electron chi connectivity index (χ0n) is 11.7. The first-order valence-electron chi connectivity index (χ1n) is 7.20. The molecule has 1 saturated carbocycles. The van der Waals surface area contributed by atoms with Crippen molar-refractivity contribution in [3.8, 4) is 0 Å². The topological polar surface area (TPSA) is 24.9 Å². The number of nitrogens with zero attached hydrogens (tertiary/aromatic N) is 1. The molecule has 0 atom stereocenters. The van der Waals surface area contributed by atoms with Crippen LogP contribution in [-0.4, -0.2) is 11.0 Å². The van der Waals surface area contributed by atoms with Gasteiger partial charge in [-0.1, -0.05) is 19.1 Å². The first-order valence-corrected chi connectivity index (χ1v) is 8.01. The average molecular weight is 290 g/mol. The van der Waals surface area contributed by atoms with Gasteiger partial charge in [0.1, 0.15) is 5.82 Å². The van der Waals surface area contributed by atoms with Crippen molar-refractivity contribution in [2.24, 2.45) is 0 Å². The van der Waals surface area contributed by atoms with E-state index in [0.29, 0.717) is 0 Å². The molecule has 0 amide bonds. The van der Waals surface area contributed by atoms with Crippen molar-refractivity contribution in [2.45, 2.75) is 45.2 Å². The van der Waals surface area contributed by atoms with Gasteiger partial charge in [-0.15, -0.1) is 11.3 Å². The van der Waals surface area contributed by atoms with Crippen LogP contribution in [0, 0.1) is 5.82 Å². The lowest BCUT2D eigenvalue weighted by atomic mass is 10.1. The third-order valence-corrected chi connectivity index (χ3v) is 4.65. The van der Waals surface area contributed by atoms with Crippen molar-refractivity contribution in [1.82, 2.24) is 10.3 Å². The minimum absolute atomic E-state index is 0.184. The molecule has 0 radical (unpaired) electrons. The highest BCUT2D eigenvalue weighted by Crippen LogP contribution is 2.24. The van der Waals surface area contributed by atoms with E-state index in [1.54, 1.807) is 11.3 Å². The van der Waals surface area contributed by atoms with Gasteiger partial charge in [0.2, 0.25) is 0 Å². The van der Waals surface area contributed by atoms with E-state index in [0.717, 1.165) is 36.0 Å². The fourth-order valence-electron chi connectivity index (χ4n) is 2.23. The standard InChI is InChI=1S/C16H19FN2S/c1-2-14-15(10-18-13-7-8-13)20-16(19-14)9-11-3-5-12(17)6-4-11/h3-6,13,18H,2,7-10H2,1H3. The van der Waals surface area contributed by atoms with Crippen LogP contribution in [0.25, 0.3) is 0 Å². The van der Waals surface area contributed by atoms with Crippen LogP contribution in [0.15, 0.2) is 24.3 Å². The largest absolute Gasteiger partial charge is 0.309 e. The van der Waals surface area contributed by atoms with Gasteiger partial charge in [0, 0.05) is 23.9 Å². The second-order valence-corrected chi connectivity index (χ2v) is 6.46. The van der Waals surface area contributed by atoms with Crippen LogP contribution in [0.1, 0.15) is 40.9 Å². The number of rotatable bonds is 6. The normalized spacial score (nSPS) is 14.7. The molecule has 1 aliphatic carbocycles. The summed E-state index contributed by atoms with van der Waals surface area (Å²) >= 11 is 1.79. The second kappa shape index (κ2) is 6.02. The summed E-state index contributed by atoms with van der Waals surface area (Å²) in [5.41, 5.74) is 2.32. The first kappa shape index (κ1) is 13.7. The maximum Gasteiger partial charge on any atom is 0.123 e. The van der Waals surface area contributed by atoms with Gasteiger partial charge in [-0.2, -0.15) is 0 Å². The van der Waals surface area contributed by atoms with E-state index in [2.05, 4.69) is 12.2 Å². The van der Waals surface area contributed by atoms with E-state index < -0.39 is 0 Å². The molecule has 0 saturated heterocycles. The zero-order chi connectivity index (χ0) is 13.9. The lowest BCUT2D eigenvalue weighted by molar-refractivity contribution is 0.627. The molecule has 0 aliphatic heterocycles. The summed E-state index contributed by atoms with van der Waals surface area (Å²) in [4.78, 5) is 6.09. The summed E-state index contributed by atoms with van der Waals surface area (Å²) in [6.45, 7) is 3.09. The molecular formula is C16H19FN2S. The van der Waals surface area contributed by atoms with E-state index in [1.165, 1.54) is 35.5 Å². The molecule has 2 nitrogen and oxygen atoms in total. The van der Waals surface area contributed by atoms with Crippen LogP contribution in [0.4, 0.5) is 4.39 Å². The van der Waals surface area contributed by atoms with Crippen molar-refractivity contribution in [3.63, 3.8) is 0 Å². The quantitative estimate of drug-likeness (QED) is 0.877. The SMILES string of the molecule is CCc1nc(Cc2ccc(F)cc2)sc1CNC1CC1. The van der Waals surface area contributed by atoms with Gasteiger partial charge in [-0.05, 0) is 37.0 Å². The van der Waals surface area contributed by atoms with Gasteiger partial charge in [0.05, 0.1) is 10.7 Å². The lowest BCUT2D eigenvalue weighted by Gasteiger charge is -2.00. The molecule has 106 valence electrons. The van der Waals surface area contributed by atoms with Crippen LogP contribution >= 0.6 is 11.3 Å². The predicted molar refractivity (Wildman–Crippen MR) is 80.6 cm³/mol. The fraction of sp³-hybridized carbons (Fsp3) is 0.438. The number of hydrogen-bond acceptors (Lipinski definition) is 3. The Morgan fingerprint density at radius 1 is 1.30 bits per heavy atom. The summed E-state index contributed by atoms with van der Waals surface area (Å²) in [6, 6.07) is 7.43. The minimum atomic E-state index is -0.184. The Morgan fingerprint density at radius 3 is 2.70 bits per heavy atom. The Kier molecular flexibility index (Phi) is 4.13. The molecule has 1 aromatic heterocycles. The Morgan fingerprint density at radius 2 is 2.05 bits per heavy atom. The number of aromatic nitrogens is 1. The molecule has 4 heteroatoms. The number of aryl methyl sites for hydroxylation is 1. The lowest BCUT2D eigenvalue weighted by Crippen LogP contribution is -2.15. The molecule has 1 aliphatic rings. The maximum absolute atomic E-state index is 12.9. The first-order chi connectivity index (χ1) is 9.74. The van der Waals surface area contributed by atoms with E-state index in [9.17, 15) is 4.39 Å². The highest BCUT2D eigenvalue weighted by atomic mass is 32.1. The number of halogens is 1. The third kappa shape index (κ3) is 3.44. The van der Waals surface area contributed by atoms with E-state index in [-0.39, 0.29) is 5.82 Å². The van der Waals surface area contributed by atoms with Crippen LogP contribution in [0.3, 0.4) is 0 Å². The molecule has 0 unspecified atom stereocenters. The molecular weight excluding hydrogens is 271 g/mol. The Bertz CT molecular complexity index is 573. The Balaban J connectivity index is 1.70. The molecule has 0 bridgehead atoms. The Labute approximate surface area is 123 Å². The van der Waals surface area contributed by atoms with Crippen molar-refractivity contribution in [1.29, 1.82) is 0 Å². The van der Waals surface area contributed by atoms with Gasteiger partial charge in [-0.3, -0.25) is 0 Å². The fourth-order valence-corrected chi connectivity index (χ4v) is 3.37. The van der Waals surface area contributed by atoms with Crippen molar-refractivity contribution in [2.75, 3.05) is 0 Å². The number of benzene rings is 1. The van der Waals surface area contributed by atoms with Gasteiger partial charge in [0.25, 0.3) is 0 Å². The number of thiazole rings is 1. The van der Waals surface area contributed by atoms with Crippen molar-refractivity contribution in [3.05, 3.63) is 51.2 Å². The van der Waals surface area contributed by atoms with Gasteiger partial charge >= 0.3 is 0 Å². The molecule has 2 aromatic rings. The average Bonchev–Trinajstić information content (AvgIpc) is 3.20. The number of hydrogen-bond donors (Lipinski definition) is 1. The Hall–Kier alpha value is -1.26. The molecule has 1 heterocycles. The van der Waals surface area contributed by atoms with E-state index in [4.69, 9.17) is 4.98 Å². The highest BCUT2D eigenvalue weighted by Gasteiger charge is 2.21. The summed E-state index contributed by atoms with van der Waals surface area (Å²) in [5, 5.41) is 4.68.